The number of para-hydroxylation sites is 1. The van der Waals surface area contributed by atoms with E-state index in [4.69, 9.17) is 4.74 Å². The molecule has 0 radical (unpaired) electrons. The highest BCUT2D eigenvalue weighted by Crippen LogP contribution is 2.14. The number of fused-ring (bicyclic) bond motifs is 1. The summed E-state index contributed by atoms with van der Waals surface area (Å²) in [6, 6.07) is 13.6. The molecule has 1 heterocycles. The Balaban J connectivity index is 1.82. The first-order chi connectivity index (χ1) is 13.9. The standard InChI is InChI=1S/C22H23N3O4/c1-4-13-23-20(26)14(2)29-22(28)16-9-11-17(12-10-16)25-15(3)24-19-8-6-5-7-18(19)21(25)27/h5-12,14H,4,13H2,1-3H3,(H,23,26)/t14-/m0/s1. The van der Waals surface area contributed by atoms with Crippen LogP contribution in [0, 0.1) is 6.92 Å². The molecular weight excluding hydrogens is 370 g/mol. The first-order valence-corrected chi connectivity index (χ1v) is 9.50. The second kappa shape index (κ2) is 8.68. The minimum Gasteiger partial charge on any atom is -0.449 e. The van der Waals surface area contributed by atoms with Gasteiger partial charge in [0.15, 0.2) is 6.10 Å². The summed E-state index contributed by atoms with van der Waals surface area (Å²) in [5, 5.41) is 3.21. The number of hydrogen-bond acceptors (Lipinski definition) is 5. The minimum absolute atomic E-state index is 0.176. The number of rotatable bonds is 6. The van der Waals surface area contributed by atoms with Gasteiger partial charge in [-0.1, -0.05) is 19.1 Å². The zero-order valence-electron chi connectivity index (χ0n) is 16.6. The highest BCUT2D eigenvalue weighted by Gasteiger charge is 2.18. The third-order valence-electron chi connectivity index (χ3n) is 4.51. The lowest BCUT2D eigenvalue weighted by Gasteiger charge is -2.14. The first-order valence-electron chi connectivity index (χ1n) is 9.50. The largest absolute Gasteiger partial charge is 0.449 e. The van der Waals surface area contributed by atoms with Crippen LogP contribution in [0.2, 0.25) is 0 Å². The van der Waals surface area contributed by atoms with Crippen molar-refractivity contribution < 1.29 is 14.3 Å². The Morgan fingerprint density at radius 3 is 2.52 bits per heavy atom. The number of hydrogen-bond donors (Lipinski definition) is 1. The van der Waals surface area contributed by atoms with Crippen LogP contribution in [-0.4, -0.2) is 34.1 Å². The molecule has 0 aliphatic rings. The second-order valence-corrected chi connectivity index (χ2v) is 6.70. The van der Waals surface area contributed by atoms with Crippen molar-refractivity contribution in [2.75, 3.05) is 6.54 Å². The average Bonchev–Trinajstić information content (AvgIpc) is 2.72. The van der Waals surface area contributed by atoms with Crippen LogP contribution in [0.5, 0.6) is 0 Å². The van der Waals surface area contributed by atoms with Crippen molar-refractivity contribution in [3.63, 3.8) is 0 Å². The van der Waals surface area contributed by atoms with Gasteiger partial charge in [-0.2, -0.15) is 0 Å². The topological polar surface area (TPSA) is 90.3 Å². The van der Waals surface area contributed by atoms with Crippen molar-refractivity contribution in [2.45, 2.75) is 33.3 Å². The summed E-state index contributed by atoms with van der Waals surface area (Å²) in [7, 11) is 0. The van der Waals surface area contributed by atoms with E-state index in [1.807, 2.05) is 13.0 Å². The molecule has 0 saturated heterocycles. The maximum absolute atomic E-state index is 12.9. The number of nitrogens with zero attached hydrogens (tertiary/aromatic N) is 2. The molecule has 0 unspecified atom stereocenters. The van der Waals surface area contributed by atoms with Gasteiger partial charge in [-0.3, -0.25) is 14.2 Å². The van der Waals surface area contributed by atoms with Crippen LogP contribution in [0.4, 0.5) is 0 Å². The number of carbonyl (C=O) groups excluding carboxylic acids is 2. The SMILES string of the molecule is CCCNC(=O)[C@H](C)OC(=O)c1ccc(-n2c(C)nc3ccccc3c2=O)cc1. The molecule has 1 amide bonds. The lowest BCUT2D eigenvalue weighted by Crippen LogP contribution is -2.36. The maximum Gasteiger partial charge on any atom is 0.338 e. The van der Waals surface area contributed by atoms with Crippen molar-refractivity contribution in [2.24, 2.45) is 0 Å². The van der Waals surface area contributed by atoms with Crippen LogP contribution in [0.3, 0.4) is 0 Å². The van der Waals surface area contributed by atoms with Gasteiger partial charge in [-0.15, -0.1) is 0 Å². The fourth-order valence-corrected chi connectivity index (χ4v) is 2.97. The zero-order valence-corrected chi connectivity index (χ0v) is 16.6. The highest BCUT2D eigenvalue weighted by atomic mass is 16.5. The van der Waals surface area contributed by atoms with E-state index in [1.165, 1.54) is 11.5 Å². The Hall–Kier alpha value is -3.48. The molecule has 0 aliphatic heterocycles. The summed E-state index contributed by atoms with van der Waals surface area (Å²) in [6.45, 7) is 5.76. The third-order valence-corrected chi connectivity index (χ3v) is 4.51. The molecule has 1 aromatic heterocycles. The van der Waals surface area contributed by atoms with Gasteiger partial charge < -0.3 is 10.1 Å². The lowest BCUT2D eigenvalue weighted by molar-refractivity contribution is -0.129. The number of benzene rings is 2. The first kappa shape index (κ1) is 20.3. The molecule has 3 aromatic rings. The molecule has 7 heteroatoms. The van der Waals surface area contributed by atoms with Gasteiger partial charge in [0.2, 0.25) is 0 Å². The van der Waals surface area contributed by atoms with Gasteiger partial charge in [0.05, 0.1) is 22.2 Å². The number of nitrogens with one attached hydrogen (secondary N) is 1. The van der Waals surface area contributed by atoms with Gasteiger partial charge in [0.25, 0.3) is 11.5 Å². The molecule has 1 N–H and O–H groups in total. The fourth-order valence-electron chi connectivity index (χ4n) is 2.97. The monoisotopic (exact) mass is 393 g/mol. The summed E-state index contributed by atoms with van der Waals surface area (Å²) in [5.74, 6) is -0.386. The Morgan fingerprint density at radius 1 is 1.14 bits per heavy atom. The van der Waals surface area contributed by atoms with Crippen LogP contribution in [0.25, 0.3) is 16.6 Å². The van der Waals surface area contributed by atoms with E-state index >= 15 is 0 Å². The molecule has 3 rings (SSSR count). The smallest absolute Gasteiger partial charge is 0.338 e. The summed E-state index contributed by atoms with van der Waals surface area (Å²) in [4.78, 5) is 41.5. The minimum atomic E-state index is -0.886. The predicted molar refractivity (Wildman–Crippen MR) is 110 cm³/mol. The zero-order chi connectivity index (χ0) is 21.0. The number of ether oxygens (including phenoxy) is 1. The lowest BCUT2D eigenvalue weighted by atomic mass is 10.2. The molecule has 150 valence electrons. The number of aromatic nitrogens is 2. The molecular formula is C22H23N3O4. The maximum atomic E-state index is 12.9. The number of esters is 1. The third kappa shape index (κ3) is 4.34. The van der Waals surface area contributed by atoms with E-state index in [0.29, 0.717) is 34.5 Å². The Kier molecular flexibility index (Phi) is 6.07. The van der Waals surface area contributed by atoms with E-state index in [2.05, 4.69) is 10.3 Å². The van der Waals surface area contributed by atoms with Crippen molar-refractivity contribution in [3.8, 4) is 5.69 Å². The van der Waals surface area contributed by atoms with Crippen LogP contribution in [-0.2, 0) is 9.53 Å². The van der Waals surface area contributed by atoms with E-state index in [-0.39, 0.29) is 11.5 Å². The molecule has 7 nitrogen and oxygen atoms in total. The van der Waals surface area contributed by atoms with Gasteiger partial charge in [-0.05, 0) is 56.7 Å². The van der Waals surface area contributed by atoms with Gasteiger partial charge in [0, 0.05) is 6.54 Å². The Morgan fingerprint density at radius 2 is 1.83 bits per heavy atom. The molecule has 0 bridgehead atoms. The van der Waals surface area contributed by atoms with Crippen LogP contribution < -0.4 is 10.9 Å². The average molecular weight is 393 g/mol. The van der Waals surface area contributed by atoms with E-state index in [1.54, 1.807) is 49.4 Å². The second-order valence-electron chi connectivity index (χ2n) is 6.70. The van der Waals surface area contributed by atoms with E-state index in [9.17, 15) is 14.4 Å². The molecule has 0 spiro atoms. The highest BCUT2D eigenvalue weighted by molar-refractivity contribution is 5.92. The van der Waals surface area contributed by atoms with Crippen LogP contribution >= 0.6 is 0 Å². The van der Waals surface area contributed by atoms with Crippen molar-refractivity contribution >= 4 is 22.8 Å². The summed E-state index contributed by atoms with van der Waals surface area (Å²) in [6.07, 6.45) is -0.0840. The van der Waals surface area contributed by atoms with Crippen LogP contribution in [0.1, 0.15) is 36.5 Å². The van der Waals surface area contributed by atoms with Crippen molar-refractivity contribution in [3.05, 3.63) is 70.3 Å². The predicted octanol–water partition coefficient (Wildman–Crippen LogP) is 2.77. The van der Waals surface area contributed by atoms with Crippen molar-refractivity contribution in [1.82, 2.24) is 14.9 Å². The number of carbonyl (C=O) groups is 2. The quantitative estimate of drug-likeness (QED) is 0.651. The van der Waals surface area contributed by atoms with Crippen molar-refractivity contribution in [1.29, 1.82) is 0 Å². The summed E-state index contributed by atoms with van der Waals surface area (Å²) in [5.41, 5.74) is 1.35. The molecule has 2 aromatic carbocycles. The molecule has 0 aliphatic carbocycles. The number of aryl methyl sites for hydroxylation is 1. The molecule has 0 saturated carbocycles. The van der Waals surface area contributed by atoms with Gasteiger partial charge >= 0.3 is 5.97 Å². The van der Waals surface area contributed by atoms with E-state index in [0.717, 1.165) is 6.42 Å². The number of amides is 1. The fraction of sp³-hybridized carbons (Fsp3) is 0.273. The van der Waals surface area contributed by atoms with Gasteiger partial charge in [0.1, 0.15) is 5.82 Å². The van der Waals surface area contributed by atoms with Crippen LogP contribution in [0.15, 0.2) is 53.3 Å². The molecule has 29 heavy (non-hydrogen) atoms. The normalized spacial score (nSPS) is 11.8. The summed E-state index contributed by atoms with van der Waals surface area (Å²) < 4.78 is 6.71. The van der Waals surface area contributed by atoms with Gasteiger partial charge in [-0.25, -0.2) is 9.78 Å². The van der Waals surface area contributed by atoms with E-state index < -0.39 is 12.1 Å². The molecule has 0 fully saturated rings. The molecule has 1 atom stereocenters. The Labute approximate surface area is 168 Å². The Bertz CT molecular complexity index is 1100. The summed E-state index contributed by atoms with van der Waals surface area (Å²) >= 11 is 0.